The number of fused-ring (bicyclic) bond motifs is 1. The average Bonchev–Trinajstić information content (AvgIpc) is 3.38. The Hall–Kier alpha value is -4.64. The maximum Gasteiger partial charge on any atom is 0.305 e. The van der Waals surface area contributed by atoms with E-state index in [4.69, 9.17) is 0 Å². The molecule has 5 rings (SSSR count). The largest absolute Gasteiger partial charge is 0.481 e. The van der Waals surface area contributed by atoms with Gasteiger partial charge in [0.25, 0.3) is 0 Å². The summed E-state index contributed by atoms with van der Waals surface area (Å²) in [5.41, 5.74) is 7.83. The van der Waals surface area contributed by atoms with Crippen LogP contribution in [0.2, 0.25) is 0 Å². The molecule has 4 aromatic carbocycles. The lowest BCUT2D eigenvalue weighted by molar-refractivity contribution is -0.137. The monoisotopic (exact) mass is 586 g/mol. The van der Waals surface area contributed by atoms with E-state index in [1.165, 1.54) is 11.1 Å². The number of carboxylic acids is 1. The van der Waals surface area contributed by atoms with Gasteiger partial charge in [0.1, 0.15) is 0 Å². The van der Waals surface area contributed by atoms with Gasteiger partial charge in [-0.05, 0) is 65.1 Å². The summed E-state index contributed by atoms with van der Waals surface area (Å²) in [5.74, 6) is 0.226. The van der Waals surface area contributed by atoms with Crippen molar-refractivity contribution in [1.29, 1.82) is 0 Å². The van der Waals surface area contributed by atoms with Crippen molar-refractivity contribution in [2.24, 2.45) is 11.8 Å². The van der Waals surface area contributed by atoms with Gasteiger partial charge in [-0.2, -0.15) is 0 Å². The van der Waals surface area contributed by atoms with E-state index in [9.17, 15) is 14.7 Å². The molecule has 1 aromatic heterocycles. The van der Waals surface area contributed by atoms with Crippen LogP contribution in [-0.2, 0) is 24.2 Å². The van der Waals surface area contributed by atoms with Gasteiger partial charge in [-0.25, -0.2) is 0 Å². The van der Waals surface area contributed by atoms with Crippen molar-refractivity contribution in [2.75, 3.05) is 5.32 Å². The molecule has 0 atom stereocenters. The van der Waals surface area contributed by atoms with Gasteiger partial charge in [-0.3, -0.25) is 9.59 Å². The van der Waals surface area contributed by atoms with E-state index in [2.05, 4.69) is 81.5 Å². The summed E-state index contributed by atoms with van der Waals surface area (Å²) in [4.78, 5) is 25.1. The van der Waals surface area contributed by atoms with Crippen molar-refractivity contribution < 1.29 is 14.7 Å². The molecule has 44 heavy (non-hydrogen) atoms. The lowest BCUT2D eigenvalue weighted by atomic mass is 9.93. The number of carbonyl (C=O) groups excluding carboxylic acids is 1. The van der Waals surface area contributed by atoms with Crippen molar-refractivity contribution >= 4 is 28.3 Å². The standard InChI is InChI=1S/C39H42N2O3/c1-26(2)22-28-12-16-30(17-13-28)38(31-18-14-29(15-19-31)23-27(3)4)40-33-9-7-8-32(24-33)39(44)35-25-41(21-20-37(42)43)36-11-6-5-10-34(35)36/h5-19,24-27,38,40H,20-23H2,1-4H3,(H,42,43). The molecule has 0 aliphatic carbocycles. The van der Waals surface area contributed by atoms with E-state index in [0.29, 0.717) is 29.5 Å². The molecule has 0 radical (unpaired) electrons. The number of carbonyl (C=O) groups is 2. The highest BCUT2D eigenvalue weighted by atomic mass is 16.4. The number of nitrogens with zero attached hydrogens (tertiary/aromatic N) is 1. The molecule has 0 saturated heterocycles. The van der Waals surface area contributed by atoms with E-state index >= 15 is 0 Å². The number of rotatable bonds is 13. The van der Waals surface area contributed by atoms with Gasteiger partial charge >= 0.3 is 5.97 Å². The number of nitrogens with one attached hydrogen (secondary N) is 1. The van der Waals surface area contributed by atoms with Crippen molar-refractivity contribution in [3.8, 4) is 0 Å². The number of aryl methyl sites for hydroxylation is 1. The van der Waals surface area contributed by atoms with Crippen LogP contribution >= 0.6 is 0 Å². The third-order valence-corrected chi connectivity index (χ3v) is 7.95. The number of aliphatic carboxylic acids is 1. The van der Waals surface area contributed by atoms with Crippen molar-refractivity contribution in [1.82, 2.24) is 4.57 Å². The van der Waals surface area contributed by atoms with Crippen LogP contribution < -0.4 is 5.32 Å². The van der Waals surface area contributed by atoms with Crippen LogP contribution in [0.15, 0.2) is 103 Å². The molecule has 0 aliphatic rings. The third kappa shape index (κ3) is 7.46. The van der Waals surface area contributed by atoms with Gasteiger partial charge in [-0.1, -0.05) is 107 Å². The Morgan fingerprint density at radius 1 is 0.750 bits per heavy atom. The van der Waals surface area contributed by atoms with Crippen LogP contribution in [0.4, 0.5) is 5.69 Å². The number of benzene rings is 4. The Morgan fingerprint density at radius 2 is 1.34 bits per heavy atom. The van der Waals surface area contributed by atoms with Crippen molar-refractivity contribution in [2.45, 2.75) is 59.5 Å². The summed E-state index contributed by atoms with van der Waals surface area (Å²) in [6.45, 7) is 9.24. The second-order valence-electron chi connectivity index (χ2n) is 12.6. The maximum atomic E-state index is 13.9. The Labute approximate surface area is 260 Å². The quantitative estimate of drug-likeness (QED) is 0.135. The van der Waals surface area contributed by atoms with E-state index in [0.717, 1.165) is 40.6 Å². The fourth-order valence-electron chi connectivity index (χ4n) is 5.90. The van der Waals surface area contributed by atoms with Gasteiger partial charge in [0.05, 0.1) is 12.5 Å². The maximum absolute atomic E-state index is 13.9. The molecule has 0 aliphatic heterocycles. The molecule has 5 aromatic rings. The number of anilines is 1. The molecule has 1 heterocycles. The molecular formula is C39H42N2O3. The molecule has 0 amide bonds. The summed E-state index contributed by atoms with van der Waals surface area (Å²) >= 11 is 0. The van der Waals surface area contributed by atoms with Gasteiger partial charge in [0.2, 0.25) is 0 Å². The molecule has 0 fully saturated rings. The Balaban J connectivity index is 1.46. The van der Waals surface area contributed by atoms with Crippen LogP contribution in [0.1, 0.15) is 78.3 Å². The fraction of sp³-hybridized carbons (Fsp3) is 0.282. The minimum atomic E-state index is -0.867. The number of para-hydroxylation sites is 1. The first-order valence-corrected chi connectivity index (χ1v) is 15.6. The van der Waals surface area contributed by atoms with Gasteiger partial charge in [-0.15, -0.1) is 0 Å². The molecular weight excluding hydrogens is 544 g/mol. The van der Waals surface area contributed by atoms with Gasteiger partial charge < -0.3 is 15.0 Å². The van der Waals surface area contributed by atoms with E-state index in [-0.39, 0.29) is 18.2 Å². The molecule has 5 nitrogen and oxygen atoms in total. The third-order valence-electron chi connectivity index (χ3n) is 7.95. The number of ketones is 1. The van der Waals surface area contributed by atoms with Gasteiger partial charge in [0.15, 0.2) is 5.78 Å². The van der Waals surface area contributed by atoms with Crippen LogP contribution in [0, 0.1) is 11.8 Å². The van der Waals surface area contributed by atoms with Crippen LogP contribution in [0.3, 0.4) is 0 Å². The van der Waals surface area contributed by atoms with Gasteiger partial charge in [0, 0.05) is 40.5 Å². The molecule has 0 bridgehead atoms. The minimum absolute atomic E-state index is 0.00992. The molecule has 0 saturated carbocycles. The first-order chi connectivity index (χ1) is 21.2. The number of hydrogen-bond acceptors (Lipinski definition) is 3. The fourth-order valence-corrected chi connectivity index (χ4v) is 5.90. The molecule has 2 N–H and O–H groups in total. The zero-order valence-electron chi connectivity index (χ0n) is 26.1. The summed E-state index contributed by atoms with van der Waals surface area (Å²) in [5, 5.41) is 13.8. The second-order valence-corrected chi connectivity index (χ2v) is 12.6. The normalized spacial score (nSPS) is 11.5. The molecule has 0 spiro atoms. The zero-order valence-corrected chi connectivity index (χ0v) is 26.1. The van der Waals surface area contributed by atoms with Crippen molar-refractivity contribution in [3.63, 3.8) is 0 Å². The summed E-state index contributed by atoms with van der Waals surface area (Å²) < 4.78 is 1.86. The van der Waals surface area contributed by atoms with E-state index in [1.807, 2.05) is 53.1 Å². The van der Waals surface area contributed by atoms with Crippen molar-refractivity contribution in [3.05, 3.63) is 137 Å². The lowest BCUT2D eigenvalue weighted by Gasteiger charge is -2.22. The first kappa shape index (κ1) is 30.8. The minimum Gasteiger partial charge on any atom is -0.481 e. The summed E-state index contributed by atoms with van der Waals surface area (Å²) in [7, 11) is 0. The highest BCUT2D eigenvalue weighted by Gasteiger charge is 2.19. The second kappa shape index (κ2) is 13.8. The lowest BCUT2D eigenvalue weighted by Crippen LogP contribution is -2.13. The molecule has 226 valence electrons. The summed E-state index contributed by atoms with van der Waals surface area (Å²) in [6.07, 6.45) is 3.86. The predicted octanol–water partition coefficient (Wildman–Crippen LogP) is 8.95. The number of carboxylic acid groups (broad SMARTS) is 1. The Bertz CT molecular complexity index is 1680. The smallest absolute Gasteiger partial charge is 0.305 e. The highest BCUT2D eigenvalue weighted by Crippen LogP contribution is 2.30. The Kier molecular flexibility index (Phi) is 9.64. The highest BCUT2D eigenvalue weighted by molar-refractivity contribution is 6.16. The van der Waals surface area contributed by atoms with Crippen LogP contribution in [-0.4, -0.2) is 21.4 Å². The topological polar surface area (TPSA) is 71.3 Å². The molecule has 5 heteroatoms. The summed E-state index contributed by atoms with van der Waals surface area (Å²) in [6, 6.07) is 32.9. The molecule has 0 unspecified atom stereocenters. The zero-order chi connectivity index (χ0) is 31.2. The van der Waals surface area contributed by atoms with E-state index < -0.39 is 5.97 Å². The SMILES string of the molecule is CC(C)Cc1ccc(C(Nc2cccc(C(=O)c3cn(CCC(=O)O)c4ccccc34)c2)c2ccc(CC(C)C)cc2)cc1. The Morgan fingerprint density at radius 3 is 1.91 bits per heavy atom. The average molecular weight is 587 g/mol. The van der Waals surface area contributed by atoms with Crippen LogP contribution in [0.25, 0.3) is 10.9 Å². The number of hydrogen-bond donors (Lipinski definition) is 2. The predicted molar refractivity (Wildman–Crippen MR) is 179 cm³/mol. The van der Waals surface area contributed by atoms with Crippen LogP contribution in [0.5, 0.6) is 0 Å². The van der Waals surface area contributed by atoms with E-state index in [1.54, 1.807) is 6.20 Å². The first-order valence-electron chi connectivity index (χ1n) is 15.6. The number of aromatic nitrogens is 1.